The van der Waals surface area contributed by atoms with Crippen LogP contribution in [0.2, 0.25) is 0 Å². The smallest absolute Gasteiger partial charge is 0.303 e. The van der Waals surface area contributed by atoms with Gasteiger partial charge in [0.2, 0.25) is 17.7 Å². The van der Waals surface area contributed by atoms with E-state index in [1.54, 1.807) is 6.92 Å². The molecule has 6 atom stereocenters. The van der Waals surface area contributed by atoms with Crippen molar-refractivity contribution in [2.75, 3.05) is 19.7 Å². The summed E-state index contributed by atoms with van der Waals surface area (Å²) in [6.45, 7) is 4.99. The molecule has 0 bridgehead atoms. The van der Waals surface area contributed by atoms with Gasteiger partial charge >= 0.3 is 5.97 Å². The number of hydrogen-bond acceptors (Lipinski definition) is 8. The molecule has 1 saturated heterocycles. The van der Waals surface area contributed by atoms with Gasteiger partial charge in [0, 0.05) is 45.9 Å². The van der Waals surface area contributed by atoms with Crippen LogP contribution in [0, 0.1) is 5.92 Å². The average molecular weight is 490 g/mol. The van der Waals surface area contributed by atoms with Crippen LogP contribution in [0.15, 0.2) is 0 Å². The van der Waals surface area contributed by atoms with Crippen LogP contribution in [0.3, 0.4) is 0 Å². The molecule has 12 nitrogen and oxygen atoms in total. The van der Waals surface area contributed by atoms with Gasteiger partial charge in [-0.2, -0.15) is 0 Å². The van der Waals surface area contributed by atoms with Crippen LogP contribution in [0.4, 0.5) is 0 Å². The quantitative estimate of drug-likeness (QED) is 0.161. The molecule has 0 aliphatic carbocycles. The molecule has 1 aliphatic rings. The second-order valence-corrected chi connectivity index (χ2v) is 8.58. The second-order valence-electron chi connectivity index (χ2n) is 8.58. The molecule has 5 unspecified atom stereocenters. The Morgan fingerprint density at radius 1 is 0.971 bits per heavy atom. The lowest BCUT2D eigenvalue weighted by Crippen LogP contribution is -2.58. The Morgan fingerprint density at radius 3 is 2.29 bits per heavy atom. The maximum atomic E-state index is 12.7. The minimum atomic E-state index is -1.25. The number of carbonyl (C=O) groups excluding carboxylic acids is 3. The fraction of sp³-hybridized carbons (Fsp3) is 0.818. The van der Waals surface area contributed by atoms with Crippen LogP contribution >= 0.6 is 0 Å². The molecule has 0 spiro atoms. The van der Waals surface area contributed by atoms with E-state index in [2.05, 4.69) is 16.0 Å². The molecular formula is C22H39N3O9. The average Bonchev–Trinajstić information content (AvgIpc) is 2.76. The number of hydrogen-bond donors (Lipinski definition) is 6. The van der Waals surface area contributed by atoms with Gasteiger partial charge in [0.25, 0.3) is 0 Å². The van der Waals surface area contributed by atoms with Crippen molar-refractivity contribution in [1.82, 2.24) is 16.0 Å². The zero-order valence-electron chi connectivity index (χ0n) is 20.1. The van der Waals surface area contributed by atoms with Crippen molar-refractivity contribution in [3.8, 4) is 0 Å². The highest BCUT2D eigenvalue weighted by atomic mass is 16.7. The molecule has 1 rings (SSSR count). The van der Waals surface area contributed by atoms with Crippen molar-refractivity contribution in [1.29, 1.82) is 0 Å². The Balaban J connectivity index is 2.57. The fourth-order valence-corrected chi connectivity index (χ4v) is 3.58. The summed E-state index contributed by atoms with van der Waals surface area (Å²) in [6, 6.07) is -0.791. The van der Waals surface area contributed by atoms with Crippen LogP contribution in [0.5, 0.6) is 0 Å². The van der Waals surface area contributed by atoms with Crippen molar-refractivity contribution >= 4 is 23.7 Å². The summed E-state index contributed by atoms with van der Waals surface area (Å²) in [7, 11) is 0. The first kappa shape index (κ1) is 29.8. The standard InChI is InChI=1S/C22H39N3O9/c1-13-19(30)20(31)17(34-22(13)33-11-7-5-9-18(28)29)12-24-21(32)16(25-15(3)27)8-4-6-10-23-14(2)26/h13,16-17,19-20,22,30-31H,4-12H2,1-3H3,(H,23,26)(H,24,32)(H,25,27)(H,28,29)/t13?,16-,17?,19?,20?,22?/m1/s1. The normalized spacial score (nSPS) is 25.3. The lowest BCUT2D eigenvalue weighted by molar-refractivity contribution is -0.275. The monoisotopic (exact) mass is 489 g/mol. The number of carboxylic acids is 1. The zero-order valence-corrected chi connectivity index (χ0v) is 20.1. The largest absolute Gasteiger partial charge is 0.481 e. The molecular weight excluding hydrogens is 450 g/mol. The first-order chi connectivity index (χ1) is 16.0. The lowest BCUT2D eigenvalue weighted by atomic mass is 9.92. The molecule has 1 heterocycles. The van der Waals surface area contributed by atoms with Gasteiger partial charge in [-0.3, -0.25) is 19.2 Å². The molecule has 0 aromatic heterocycles. The molecule has 0 radical (unpaired) electrons. The van der Waals surface area contributed by atoms with E-state index in [1.807, 2.05) is 0 Å². The summed E-state index contributed by atoms with van der Waals surface area (Å²) in [5.41, 5.74) is 0. The third kappa shape index (κ3) is 11.2. The molecule has 0 saturated carbocycles. The minimum Gasteiger partial charge on any atom is -0.481 e. The van der Waals surface area contributed by atoms with E-state index in [0.29, 0.717) is 38.6 Å². The van der Waals surface area contributed by atoms with Gasteiger partial charge in [-0.25, -0.2) is 0 Å². The summed E-state index contributed by atoms with van der Waals surface area (Å²) in [5, 5.41) is 37.4. The zero-order chi connectivity index (χ0) is 25.7. The van der Waals surface area contributed by atoms with Gasteiger partial charge < -0.3 is 40.7 Å². The van der Waals surface area contributed by atoms with E-state index in [9.17, 15) is 29.4 Å². The predicted octanol–water partition coefficient (Wildman–Crippen LogP) is -0.732. The fourth-order valence-electron chi connectivity index (χ4n) is 3.58. The first-order valence-electron chi connectivity index (χ1n) is 11.7. The first-order valence-corrected chi connectivity index (χ1v) is 11.7. The minimum absolute atomic E-state index is 0.0309. The number of ether oxygens (including phenoxy) is 2. The summed E-state index contributed by atoms with van der Waals surface area (Å²) in [5.74, 6) is -2.37. The SMILES string of the molecule is CC(=O)NCCCC[C@@H](NC(C)=O)C(=O)NCC1OC(OCCCCC(=O)O)C(C)C(O)C1O. The number of amides is 3. The summed E-state index contributed by atoms with van der Waals surface area (Å²) >= 11 is 0. The van der Waals surface area contributed by atoms with Crippen molar-refractivity contribution in [3.63, 3.8) is 0 Å². The second kappa shape index (κ2) is 15.6. The molecule has 0 aromatic carbocycles. The van der Waals surface area contributed by atoms with Crippen molar-refractivity contribution in [3.05, 3.63) is 0 Å². The lowest BCUT2D eigenvalue weighted by Gasteiger charge is -2.41. The van der Waals surface area contributed by atoms with E-state index in [-0.39, 0.29) is 31.4 Å². The highest BCUT2D eigenvalue weighted by Crippen LogP contribution is 2.27. The van der Waals surface area contributed by atoms with Crippen molar-refractivity contribution in [2.45, 2.75) is 89.9 Å². The van der Waals surface area contributed by atoms with Crippen LogP contribution < -0.4 is 16.0 Å². The molecule has 34 heavy (non-hydrogen) atoms. The third-order valence-corrected chi connectivity index (χ3v) is 5.54. The van der Waals surface area contributed by atoms with Crippen LogP contribution in [-0.2, 0) is 28.7 Å². The summed E-state index contributed by atoms with van der Waals surface area (Å²) in [4.78, 5) is 45.7. The highest BCUT2D eigenvalue weighted by Gasteiger charge is 2.42. The molecule has 3 amide bonds. The van der Waals surface area contributed by atoms with E-state index in [1.165, 1.54) is 13.8 Å². The van der Waals surface area contributed by atoms with E-state index >= 15 is 0 Å². The molecule has 6 N–H and O–H groups in total. The highest BCUT2D eigenvalue weighted by molar-refractivity contribution is 5.86. The van der Waals surface area contributed by atoms with Gasteiger partial charge in [0.1, 0.15) is 18.2 Å². The van der Waals surface area contributed by atoms with Gasteiger partial charge in [-0.15, -0.1) is 0 Å². The van der Waals surface area contributed by atoms with Gasteiger partial charge in [-0.1, -0.05) is 6.92 Å². The van der Waals surface area contributed by atoms with Crippen LogP contribution in [0.25, 0.3) is 0 Å². The van der Waals surface area contributed by atoms with E-state index < -0.39 is 48.4 Å². The summed E-state index contributed by atoms with van der Waals surface area (Å²) in [6.07, 6.45) is -1.58. The molecule has 196 valence electrons. The third-order valence-electron chi connectivity index (χ3n) is 5.54. The maximum absolute atomic E-state index is 12.7. The van der Waals surface area contributed by atoms with Crippen molar-refractivity contribution < 1.29 is 44.0 Å². The predicted molar refractivity (Wildman–Crippen MR) is 120 cm³/mol. The van der Waals surface area contributed by atoms with E-state index in [4.69, 9.17) is 14.6 Å². The Bertz CT molecular complexity index is 676. The van der Waals surface area contributed by atoms with E-state index in [0.717, 1.165) is 0 Å². The number of aliphatic hydroxyl groups is 2. The molecule has 1 fully saturated rings. The number of nitrogens with one attached hydrogen (secondary N) is 3. The topological polar surface area (TPSA) is 184 Å². The number of aliphatic carboxylic acids is 1. The Labute approximate surface area is 199 Å². The van der Waals surface area contributed by atoms with Crippen molar-refractivity contribution in [2.24, 2.45) is 5.92 Å². The Morgan fingerprint density at radius 2 is 1.68 bits per heavy atom. The summed E-state index contributed by atoms with van der Waals surface area (Å²) < 4.78 is 11.4. The number of carboxylic acid groups (broad SMARTS) is 1. The maximum Gasteiger partial charge on any atom is 0.303 e. The molecule has 12 heteroatoms. The van der Waals surface area contributed by atoms with Crippen LogP contribution in [-0.4, -0.2) is 89.4 Å². The number of aliphatic hydroxyl groups excluding tert-OH is 2. The number of rotatable bonds is 15. The number of carbonyl (C=O) groups is 4. The molecule has 1 aliphatic heterocycles. The van der Waals surface area contributed by atoms with Gasteiger partial charge in [0.15, 0.2) is 6.29 Å². The van der Waals surface area contributed by atoms with Gasteiger partial charge in [-0.05, 0) is 32.1 Å². The molecule has 0 aromatic rings. The number of unbranched alkanes of at least 4 members (excludes halogenated alkanes) is 2. The Kier molecular flexibility index (Phi) is 13.6. The van der Waals surface area contributed by atoms with Crippen LogP contribution in [0.1, 0.15) is 59.3 Å². The Hall–Kier alpha value is -2.28. The van der Waals surface area contributed by atoms with Gasteiger partial charge in [0.05, 0.1) is 6.10 Å².